The molecule has 1 atom stereocenters. The standard InChI is InChI=1S/C15H15NO4/c17-16-9-13-10-18-14-7-6-12(8-15(14)20-13)19-11-4-2-1-3-5-11/h1-8,13,16-17H,9-10H2/t13-/m1/s1. The second-order valence-corrected chi connectivity index (χ2v) is 4.44. The van der Waals surface area contributed by atoms with Gasteiger partial charge in [-0.2, -0.15) is 0 Å². The fraction of sp³-hybridized carbons (Fsp3) is 0.200. The summed E-state index contributed by atoms with van der Waals surface area (Å²) in [7, 11) is 0. The molecule has 0 unspecified atom stereocenters. The summed E-state index contributed by atoms with van der Waals surface area (Å²) in [6.07, 6.45) is -0.223. The molecule has 1 heterocycles. The van der Waals surface area contributed by atoms with E-state index < -0.39 is 0 Å². The van der Waals surface area contributed by atoms with Gasteiger partial charge in [-0.1, -0.05) is 18.2 Å². The van der Waals surface area contributed by atoms with Crippen LogP contribution in [0, 0.1) is 0 Å². The smallest absolute Gasteiger partial charge is 0.165 e. The normalized spacial score (nSPS) is 16.8. The van der Waals surface area contributed by atoms with Crippen LogP contribution in [0.2, 0.25) is 0 Å². The van der Waals surface area contributed by atoms with Gasteiger partial charge in [-0.25, -0.2) is 5.48 Å². The molecule has 0 saturated carbocycles. The highest BCUT2D eigenvalue weighted by Gasteiger charge is 2.21. The minimum absolute atomic E-state index is 0.223. The van der Waals surface area contributed by atoms with Crippen molar-refractivity contribution in [3.8, 4) is 23.0 Å². The van der Waals surface area contributed by atoms with Gasteiger partial charge in [0.25, 0.3) is 0 Å². The van der Waals surface area contributed by atoms with Gasteiger partial charge >= 0.3 is 0 Å². The van der Waals surface area contributed by atoms with Crippen molar-refractivity contribution in [2.75, 3.05) is 13.2 Å². The molecule has 0 aromatic heterocycles. The summed E-state index contributed by atoms with van der Waals surface area (Å²) in [6, 6.07) is 15.0. The zero-order valence-corrected chi connectivity index (χ0v) is 10.8. The Kier molecular flexibility index (Phi) is 3.71. The van der Waals surface area contributed by atoms with E-state index in [0.29, 0.717) is 30.4 Å². The number of ether oxygens (including phenoxy) is 3. The Morgan fingerprint density at radius 1 is 1.10 bits per heavy atom. The van der Waals surface area contributed by atoms with E-state index in [1.807, 2.05) is 42.5 Å². The molecule has 0 amide bonds. The van der Waals surface area contributed by atoms with Crippen LogP contribution in [-0.4, -0.2) is 24.5 Å². The highest BCUT2D eigenvalue weighted by Crippen LogP contribution is 2.36. The maximum atomic E-state index is 8.71. The minimum Gasteiger partial charge on any atom is -0.486 e. The molecule has 0 fully saturated rings. The Morgan fingerprint density at radius 3 is 2.75 bits per heavy atom. The molecule has 0 bridgehead atoms. The van der Waals surface area contributed by atoms with Crippen molar-refractivity contribution >= 4 is 0 Å². The summed E-state index contributed by atoms with van der Waals surface area (Å²) >= 11 is 0. The second kappa shape index (κ2) is 5.81. The van der Waals surface area contributed by atoms with Crippen molar-refractivity contribution in [3.63, 3.8) is 0 Å². The van der Waals surface area contributed by atoms with Crippen LogP contribution in [0.15, 0.2) is 48.5 Å². The maximum Gasteiger partial charge on any atom is 0.165 e. The number of hydroxylamine groups is 1. The van der Waals surface area contributed by atoms with Crippen molar-refractivity contribution in [2.45, 2.75) is 6.10 Å². The maximum absolute atomic E-state index is 8.71. The highest BCUT2D eigenvalue weighted by atomic mass is 16.6. The summed E-state index contributed by atoms with van der Waals surface area (Å²) < 4.78 is 17.0. The van der Waals surface area contributed by atoms with Crippen LogP contribution in [0.4, 0.5) is 0 Å². The first-order valence-electron chi connectivity index (χ1n) is 6.38. The third-order valence-electron chi connectivity index (χ3n) is 2.93. The van der Waals surface area contributed by atoms with E-state index in [2.05, 4.69) is 5.48 Å². The molecule has 0 radical (unpaired) electrons. The number of rotatable bonds is 4. The lowest BCUT2D eigenvalue weighted by atomic mass is 10.2. The van der Waals surface area contributed by atoms with Gasteiger partial charge in [0.2, 0.25) is 0 Å². The molecule has 5 heteroatoms. The molecule has 2 aromatic rings. The van der Waals surface area contributed by atoms with Crippen molar-refractivity contribution in [1.82, 2.24) is 5.48 Å². The lowest BCUT2D eigenvalue weighted by molar-refractivity contribution is 0.0525. The van der Waals surface area contributed by atoms with Gasteiger partial charge in [0.15, 0.2) is 11.5 Å². The molecule has 5 nitrogen and oxygen atoms in total. The van der Waals surface area contributed by atoms with Crippen LogP contribution in [0.1, 0.15) is 0 Å². The molecule has 1 aliphatic rings. The molecular formula is C15H15NO4. The Morgan fingerprint density at radius 2 is 1.95 bits per heavy atom. The van der Waals surface area contributed by atoms with Crippen molar-refractivity contribution in [2.24, 2.45) is 0 Å². The average molecular weight is 273 g/mol. The molecule has 20 heavy (non-hydrogen) atoms. The first-order valence-corrected chi connectivity index (χ1v) is 6.38. The molecule has 104 valence electrons. The molecule has 1 aliphatic heterocycles. The van der Waals surface area contributed by atoms with Crippen LogP contribution in [0.3, 0.4) is 0 Å². The molecule has 3 rings (SSSR count). The Bertz CT molecular complexity index is 573. The van der Waals surface area contributed by atoms with E-state index in [1.165, 1.54) is 0 Å². The van der Waals surface area contributed by atoms with E-state index in [4.69, 9.17) is 19.4 Å². The molecule has 0 aliphatic carbocycles. The van der Waals surface area contributed by atoms with Gasteiger partial charge < -0.3 is 19.4 Å². The summed E-state index contributed by atoms with van der Waals surface area (Å²) in [6.45, 7) is 0.711. The number of para-hydroxylation sites is 1. The summed E-state index contributed by atoms with van der Waals surface area (Å²) in [5.41, 5.74) is 2.09. The van der Waals surface area contributed by atoms with Crippen LogP contribution < -0.4 is 19.7 Å². The molecule has 0 spiro atoms. The van der Waals surface area contributed by atoms with Crippen LogP contribution in [0.5, 0.6) is 23.0 Å². The fourth-order valence-corrected chi connectivity index (χ4v) is 1.99. The molecule has 2 N–H and O–H groups in total. The lowest BCUT2D eigenvalue weighted by Crippen LogP contribution is -2.37. The Labute approximate surface area is 116 Å². The highest BCUT2D eigenvalue weighted by molar-refractivity contribution is 5.47. The molecular weight excluding hydrogens is 258 g/mol. The van der Waals surface area contributed by atoms with E-state index in [0.717, 1.165) is 5.75 Å². The van der Waals surface area contributed by atoms with E-state index in [1.54, 1.807) is 6.07 Å². The summed E-state index contributed by atoms with van der Waals surface area (Å²) in [4.78, 5) is 0. The second-order valence-electron chi connectivity index (χ2n) is 4.44. The van der Waals surface area contributed by atoms with Crippen LogP contribution >= 0.6 is 0 Å². The lowest BCUT2D eigenvalue weighted by Gasteiger charge is -2.26. The topological polar surface area (TPSA) is 60.0 Å². The zero-order chi connectivity index (χ0) is 13.8. The van der Waals surface area contributed by atoms with E-state index in [-0.39, 0.29) is 6.10 Å². The SMILES string of the molecule is ONC[C@@H]1COc2ccc(Oc3ccccc3)cc2O1. The van der Waals surface area contributed by atoms with Gasteiger partial charge in [-0.3, -0.25) is 0 Å². The Balaban J connectivity index is 1.77. The average Bonchev–Trinajstić information content (AvgIpc) is 2.48. The number of fused-ring (bicyclic) bond motifs is 1. The van der Waals surface area contributed by atoms with Crippen LogP contribution in [-0.2, 0) is 0 Å². The van der Waals surface area contributed by atoms with E-state index in [9.17, 15) is 0 Å². The number of hydrogen-bond donors (Lipinski definition) is 2. The third kappa shape index (κ3) is 2.84. The number of hydrogen-bond acceptors (Lipinski definition) is 5. The third-order valence-corrected chi connectivity index (χ3v) is 2.93. The monoisotopic (exact) mass is 273 g/mol. The first-order chi connectivity index (χ1) is 9.85. The van der Waals surface area contributed by atoms with Crippen molar-refractivity contribution in [1.29, 1.82) is 0 Å². The van der Waals surface area contributed by atoms with Gasteiger partial charge in [0.1, 0.15) is 24.2 Å². The molecule has 0 saturated heterocycles. The number of nitrogens with one attached hydrogen (secondary N) is 1. The van der Waals surface area contributed by atoms with E-state index >= 15 is 0 Å². The van der Waals surface area contributed by atoms with Crippen LogP contribution in [0.25, 0.3) is 0 Å². The van der Waals surface area contributed by atoms with Gasteiger partial charge in [0, 0.05) is 6.07 Å². The first kappa shape index (κ1) is 12.8. The van der Waals surface area contributed by atoms with Gasteiger partial charge in [-0.15, -0.1) is 0 Å². The number of benzene rings is 2. The Hall–Kier alpha value is -2.24. The van der Waals surface area contributed by atoms with Gasteiger partial charge in [-0.05, 0) is 24.3 Å². The van der Waals surface area contributed by atoms with Crippen molar-refractivity contribution < 1.29 is 19.4 Å². The minimum atomic E-state index is -0.223. The summed E-state index contributed by atoms with van der Waals surface area (Å²) in [5, 5.41) is 8.71. The molecule has 2 aromatic carbocycles. The predicted octanol–water partition coefficient (Wildman–Crippen LogP) is 2.60. The van der Waals surface area contributed by atoms with Crippen molar-refractivity contribution in [3.05, 3.63) is 48.5 Å². The van der Waals surface area contributed by atoms with Gasteiger partial charge in [0.05, 0.1) is 6.54 Å². The quantitative estimate of drug-likeness (QED) is 0.838. The zero-order valence-electron chi connectivity index (χ0n) is 10.8. The summed E-state index contributed by atoms with van der Waals surface area (Å²) in [5.74, 6) is 2.73. The predicted molar refractivity (Wildman–Crippen MR) is 72.7 cm³/mol. The fourth-order valence-electron chi connectivity index (χ4n) is 1.99. The largest absolute Gasteiger partial charge is 0.486 e.